The van der Waals surface area contributed by atoms with E-state index in [9.17, 15) is 9.59 Å². The Balaban J connectivity index is 3.99. The first-order valence-corrected chi connectivity index (χ1v) is 5.92. The summed E-state index contributed by atoms with van der Waals surface area (Å²) in [5.41, 5.74) is 0. The van der Waals surface area contributed by atoms with Gasteiger partial charge in [0.15, 0.2) is 0 Å². The number of urea groups is 1. The number of carboxylic acids is 1. The molecule has 100 valence electrons. The zero-order valence-electron chi connectivity index (χ0n) is 11.0. The average Bonchev–Trinajstić information content (AvgIpc) is 2.25. The number of aliphatic carboxylic acids is 1. The van der Waals surface area contributed by atoms with Gasteiger partial charge in [0.05, 0.1) is 0 Å². The number of rotatable bonds is 7. The van der Waals surface area contributed by atoms with Gasteiger partial charge in [0.25, 0.3) is 0 Å². The van der Waals surface area contributed by atoms with Gasteiger partial charge in [-0.15, -0.1) is 0 Å². The standard InChI is InChI=1S/C11H23N3O3/c1-5-14(6-2)7-8(3)12-11(17)13-9(4)10(15)16/h8-9H,5-7H2,1-4H3,(H,15,16)(H2,12,13,17)/t8?,9-/m1/s1. The van der Waals surface area contributed by atoms with Crippen LogP contribution in [0.5, 0.6) is 0 Å². The number of hydrogen-bond donors (Lipinski definition) is 3. The van der Waals surface area contributed by atoms with Gasteiger partial charge in [0.2, 0.25) is 0 Å². The van der Waals surface area contributed by atoms with Gasteiger partial charge in [-0.1, -0.05) is 13.8 Å². The van der Waals surface area contributed by atoms with Crippen molar-refractivity contribution >= 4 is 12.0 Å². The number of nitrogens with one attached hydrogen (secondary N) is 2. The molecule has 0 bridgehead atoms. The van der Waals surface area contributed by atoms with Crippen molar-refractivity contribution < 1.29 is 14.7 Å². The lowest BCUT2D eigenvalue weighted by Crippen LogP contribution is -2.49. The maximum Gasteiger partial charge on any atom is 0.325 e. The van der Waals surface area contributed by atoms with E-state index in [1.165, 1.54) is 6.92 Å². The molecule has 0 saturated carbocycles. The van der Waals surface area contributed by atoms with Crippen LogP contribution in [0, 0.1) is 0 Å². The largest absolute Gasteiger partial charge is 0.480 e. The normalized spacial score (nSPS) is 14.2. The monoisotopic (exact) mass is 245 g/mol. The van der Waals surface area contributed by atoms with Gasteiger partial charge in [0.1, 0.15) is 6.04 Å². The second-order valence-electron chi connectivity index (χ2n) is 4.06. The van der Waals surface area contributed by atoms with Crippen LogP contribution in [0.4, 0.5) is 4.79 Å². The van der Waals surface area contributed by atoms with Gasteiger partial charge in [-0.05, 0) is 26.9 Å². The van der Waals surface area contributed by atoms with Crippen molar-refractivity contribution in [2.75, 3.05) is 19.6 Å². The van der Waals surface area contributed by atoms with Crippen LogP contribution >= 0.6 is 0 Å². The van der Waals surface area contributed by atoms with E-state index in [-0.39, 0.29) is 6.04 Å². The van der Waals surface area contributed by atoms with Crippen LogP contribution < -0.4 is 10.6 Å². The summed E-state index contributed by atoms with van der Waals surface area (Å²) in [6.45, 7) is 10.0. The zero-order valence-corrected chi connectivity index (χ0v) is 11.0. The number of amides is 2. The third kappa shape index (κ3) is 6.78. The number of carbonyl (C=O) groups is 2. The Labute approximate surface area is 102 Å². The van der Waals surface area contributed by atoms with E-state index < -0.39 is 18.0 Å². The third-order valence-corrected chi connectivity index (χ3v) is 2.52. The molecule has 0 heterocycles. The summed E-state index contributed by atoms with van der Waals surface area (Å²) < 4.78 is 0. The van der Waals surface area contributed by atoms with E-state index in [4.69, 9.17) is 5.11 Å². The van der Waals surface area contributed by atoms with Gasteiger partial charge < -0.3 is 20.6 Å². The molecule has 0 rings (SSSR count). The van der Waals surface area contributed by atoms with Crippen molar-refractivity contribution in [3.05, 3.63) is 0 Å². The Kier molecular flexibility index (Phi) is 7.29. The van der Waals surface area contributed by atoms with E-state index in [0.29, 0.717) is 0 Å². The third-order valence-electron chi connectivity index (χ3n) is 2.52. The second-order valence-corrected chi connectivity index (χ2v) is 4.06. The first kappa shape index (κ1) is 15.7. The summed E-state index contributed by atoms with van der Waals surface area (Å²) in [7, 11) is 0. The van der Waals surface area contributed by atoms with Crippen LogP contribution in [-0.2, 0) is 4.79 Å². The van der Waals surface area contributed by atoms with Crippen LogP contribution in [0.3, 0.4) is 0 Å². The van der Waals surface area contributed by atoms with E-state index in [1.54, 1.807) is 0 Å². The first-order valence-electron chi connectivity index (χ1n) is 5.92. The lowest BCUT2D eigenvalue weighted by atomic mass is 10.3. The SMILES string of the molecule is CCN(CC)CC(C)NC(=O)N[C@H](C)C(=O)O. The fraction of sp³-hybridized carbons (Fsp3) is 0.818. The van der Waals surface area contributed by atoms with E-state index in [1.807, 2.05) is 6.92 Å². The molecule has 2 atom stereocenters. The van der Waals surface area contributed by atoms with Crippen molar-refractivity contribution in [1.82, 2.24) is 15.5 Å². The fourth-order valence-corrected chi connectivity index (χ4v) is 1.44. The molecule has 0 aromatic heterocycles. The van der Waals surface area contributed by atoms with Crippen LogP contribution in [0.1, 0.15) is 27.7 Å². The molecule has 3 N–H and O–H groups in total. The lowest BCUT2D eigenvalue weighted by Gasteiger charge is -2.23. The highest BCUT2D eigenvalue weighted by molar-refractivity contribution is 5.82. The molecule has 0 radical (unpaired) electrons. The Morgan fingerprint density at radius 2 is 1.71 bits per heavy atom. The van der Waals surface area contributed by atoms with Crippen LogP contribution in [0.2, 0.25) is 0 Å². The summed E-state index contributed by atoms with van der Waals surface area (Å²) >= 11 is 0. The number of hydrogen-bond acceptors (Lipinski definition) is 3. The van der Waals surface area contributed by atoms with Crippen LogP contribution in [0.15, 0.2) is 0 Å². The molecule has 1 unspecified atom stereocenters. The molecule has 0 aromatic rings. The number of nitrogens with zero attached hydrogens (tertiary/aromatic N) is 1. The minimum Gasteiger partial charge on any atom is -0.480 e. The van der Waals surface area contributed by atoms with Crippen molar-refractivity contribution in [3.63, 3.8) is 0 Å². The van der Waals surface area contributed by atoms with E-state index >= 15 is 0 Å². The van der Waals surface area contributed by atoms with Crippen molar-refractivity contribution in [2.24, 2.45) is 0 Å². The molecule has 2 amide bonds. The lowest BCUT2D eigenvalue weighted by molar-refractivity contribution is -0.138. The molecule has 17 heavy (non-hydrogen) atoms. The van der Waals surface area contributed by atoms with Gasteiger partial charge >= 0.3 is 12.0 Å². The summed E-state index contributed by atoms with van der Waals surface area (Å²) in [6, 6.07) is -1.34. The maximum absolute atomic E-state index is 11.4. The van der Waals surface area contributed by atoms with Gasteiger partial charge in [-0.2, -0.15) is 0 Å². The fourth-order valence-electron chi connectivity index (χ4n) is 1.44. The predicted molar refractivity (Wildman–Crippen MR) is 66.0 cm³/mol. The Morgan fingerprint density at radius 1 is 1.18 bits per heavy atom. The number of likely N-dealkylation sites (N-methyl/N-ethyl adjacent to an activating group) is 1. The van der Waals surface area contributed by atoms with Crippen molar-refractivity contribution in [2.45, 2.75) is 39.8 Å². The summed E-state index contributed by atoms with van der Waals surface area (Å²) in [5, 5.41) is 13.7. The number of carboxylic acid groups (broad SMARTS) is 1. The summed E-state index contributed by atoms with van der Waals surface area (Å²) in [5.74, 6) is -1.04. The Morgan fingerprint density at radius 3 is 2.12 bits per heavy atom. The maximum atomic E-state index is 11.4. The highest BCUT2D eigenvalue weighted by Crippen LogP contribution is 1.92. The molecule has 0 aromatic carbocycles. The molecule has 6 heteroatoms. The quantitative estimate of drug-likeness (QED) is 0.609. The molecule has 0 saturated heterocycles. The van der Waals surface area contributed by atoms with Crippen molar-refractivity contribution in [3.8, 4) is 0 Å². The molecule has 0 fully saturated rings. The van der Waals surface area contributed by atoms with Crippen molar-refractivity contribution in [1.29, 1.82) is 0 Å². The Hall–Kier alpha value is -1.30. The topological polar surface area (TPSA) is 81.7 Å². The molecule has 6 nitrogen and oxygen atoms in total. The molecular formula is C11H23N3O3. The van der Waals surface area contributed by atoms with Gasteiger partial charge in [-0.25, -0.2) is 4.79 Å². The molecular weight excluding hydrogens is 222 g/mol. The highest BCUT2D eigenvalue weighted by atomic mass is 16.4. The smallest absolute Gasteiger partial charge is 0.325 e. The predicted octanol–water partition coefficient (Wildman–Crippen LogP) is 0.489. The summed E-state index contributed by atoms with van der Waals surface area (Å²) in [4.78, 5) is 24.1. The average molecular weight is 245 g/mol. The van der Waals surface area contributed by atoms with E-state index in [2.05, 4.69) is 29.4 Å². The molecule has 0 aliphatic heterocycles. The molecule has 0 aliphatic carbocycles. The minimum absolute atomic E-state index is 0.0177. The van der Waals surface area contributed by atoms with Gasteiger partial charge in [-0.3, -0.25) is 4.79 Å². The first-order chi connectivity index (χ1) is 7.90. The Bertz CT molecular complexity index is 254. The van der Waals surface area contributed by atoms with Gasteiger partial charge in [0, 0.05) is 12.6 Å². The number of carbonyl (C=O) groups excluding carboxylic acids is 1. The zero-order chi connectivity index (χ0) is 13.4. The highest BCUT2D eigenvalue weighted by Gasteiger charge is 2.15. The summed E-state index contributed by atoms with van der Waals surface area (Å²) in [6.07, 6.45) is 0. The molecule has 0 aliphatic rings. The second kappa shape index (κ2) is 7.89. The molecule has 0 spiro atoms. The van der Waals surface area contributed by atoms with Crippen LogP contribution in [-0.4, -0.2) is 53.7 Å². The van der Waals surface area contributed by atoms with Crippen LogP contribution in [0.25, 0.3) is 0 Å². The minimum atomic E-state index is -1.04. The van der Waals surface area contributed by atoms with E-state index in [0.717, 1.165) is 19.6 Å².